The topological polar surface area (TPSA) is 257 Å². The lowest BCUT2D eigenvalue weighted by Gasteiger charge is -2.00. The van der Waals surface area contributed by atoms with E-state index in [2.05, 4.69) is 60.3 Å². The molecule has 0 radical (unpaired) electrons. The van der Waals surface area contributed by atoms with Crippen molar-refractivity contribution in [2.75, 3.05) is 0 Å². The quantitative estimate of drug-likeness (QED) is 0.106. The predicted molar refractivity (Wildman–Crippen MR) is 247 cm³/mol. The van der Waals surface area contributed by atoms with Gasteiger partial charge in [0.1, 0.15) is 29.7 Å². The molecule has 0 aliphatic rings. The zero-order chi connectivity index (χ0) is 49.6. The summed E-state index contributed by atoms with van der Waals surface area (Å²) in [5.74, 6) is 0.642. The highest BCUT2D eigenvalue weighted by Gasteiger charge is 2.14. The van der Waals surface area contributed by atoms with Gasteiger partial charge in [0.15, 0.2) is 34.7 Å². The minimum Gasteiger partial charge on any atom is -0.294 e. The Kier molecular flexibility index (Phi) is 26.9. The summed E-state index contributed by atoms with van der Waals surface area (Å²) in [6.07, 6.45) is 19.7. The number of carbonyl (C=O) groups excluding carboxylic acids is 6. The van der Waals surface area contributed by atoms with Crippen LogP contribution in [0.4, 0.5) is 0 Å². The van der Waals surface area contributed by atoms with Crippen LogP contribution in [-0.2, 0) is 0 Å². The first-order valence-corrected chi connectivity index (χ1v) is 21.1. The Morgan fingerprint density at radius 2 is 0.894 bits per heavy atom. The number of hydrogen-bond donors (Lipinski definition) is 0. The molecule has 0 unspecified atom stereocenters. The molecule has 348 valence electrons. The first-order chi connectivity index (χ1) is 31.3. The molecular formula is C48H60N12O6. The van der Waals surface area contributed by atoms with Crippen LogP contribution in [-0.4, -0.2) is 95.0 Å². The van der Waals surface area contributed by atoms with Crippen LogP contribution < -0.4 is 0 Å². The summed E-state index contributed by atoms with van der Waals surface area (Å²) in [4.78, 5) is 97.9. The number of hydrogen-bond acceptors (Lipinski definition) is 18. The van der Waals surface area contributed by atoms with Crippen molar-refractivity contribution in [3.63, 3.8) is 0 Å². The van der Waals surface area contributed by atoms with Gasteiger partial charge in [-0.15, -0.1) is 5.10 Å². The van der Waals surface area contributed by atoms with Crippen LogP contribution in [0.3, 0.4) is 0 Å². The van der Waals surface area contributed by atoms with E-state index in [4.69, 9.17) is 0 Å². The van der Waals surface area contributed by atoms with E-state index in [9.17, 15) is 28.8 Å². The first-order valence-electron chi connectivity index (χ1n) is 21.1. The second-order valence-electron chi connectivity index (χ2n) is 15.7. The van der Waals surface area contributed by atoms with Gasteiger partial charge in [-0.1, -0.05) is 83.1 Å². The molecule has 0 spiro atoms. The lowest BCUT2D eigenvalue weighted by molar-refractivity contribution is 0.0922. The summed E-state index contributed by atoms with van der Waals surface area (Å²) in [6.45, 7) is 22.2. The maximum absolute atomic E-state index is 11.3. The average Bonchev–Trinajstić information content (AvgIpc) is 3.35. The zero-order valence-corrected chi connectivity index (χ0v) is 39.7. The van der Waals surface area contributed by atoms with Gasteiger partial charge in [-0.2, -0.15) is 15.3 Å². The Balaban J connectivity index is 0.000000396. The fourth-order valence-electron chi connectivity index (χ4n) is 4.40. The van der Waals surface area contributed by atoms with Crippen molar-refractivity contribution in [3.8, 4) is 0 Å². The van der Waals surface area contributed by atoms with Gasteiger partial charge in [-0.25, -0.2) is 34.9 Å². The van der Waals surface area contributed by atoms with Crippen LogP contribution in [0.25, 0.3) is 0 Å². The number of ketones is 6. The van der Waals surface area contributed by atoms with E-state index in [1.165, 1.54) is 49.8 Å². The van der Waals surface area contributed by atoms with Crippen LogP contribution >= 0.6 is 0 Å². The van der Waals surface area contributed by atoms with Gasteiger partial charge in [0.05, 0.1) is 24.2 Å². The van der Waals surface area contributed by atoms with E-state index in [1.54, 1.807) is 61.3 Å². The molecule has 0 bridgehead atoms. The Labute approximate surface area is 386 Å². The summed E-state index contributed by atoms with van der Waals surface area (Å²) >= 11 is 0. The lowest BCUT2D eigenvalue weighted by atomic mass is 10.0. The van der Waals surface area contributed by atoms with Gasteiger partial charge >= 0.3 is 0 Å². The SMILES string of the molecule is CC(C)C(=O)c1cccnn1.CC(C)C(=O)c1ccncn1.CC(C)C(=O)c1ccnnc1.CC(C)C(=O)c1cnccn1.CC(C)C(=O)c1cncnc1.CC(C)C(=O)c1ncccn1. The van der Waals surface area contributed by atoms with E-state index < -0.39 is 0 Å². The van der Waals surface area contributed by atoms with Gasteiger partial charge in [0, 0.05) is 90.6 Å². The van der Waals surface area contributed by atoms with Crippen LogP contribution in [0.1, 0.15) is 146 Å². The zero-order valence-electron chi connectivity index (χ0n) is 39.7. The maximum atomic E-state index is 11.3. The second-order valence-corrected chi connectivity index (χ2v) is 15.7. The normalized spacial score (nSPS) is 10.1. The molecule has 18 nitrogen and oxygen atoms in total. The molecule has 0 aliphatic carbocycles. The molecule has 6 rings (SSSR count). The molecule has 6 heterocycles. The molecule has 0 amide bonds. The van der Waals surface area contributed by atoms with E-state index in [0.717, 1.165) is 0 Å². The number of nitrogens with zero attached hydrogens (tertiary/aromatic N) is 12. The Bertz CT molecular complexity index is 1890. The molecule has 0 atom stereocenters. The van der Waals surface area contributed by atoms with Crippen molar-refractivity contribution in [2.45, 2.75) is 83.1 Å². The Hall–Kier alpha value is -7.50. The van der Waals surface area contributed by atoms with Crippen molar-refractivity contribution >= 4 is 34.7 Å². The molecule has 18 heteroatoms. The molecule has 0 N–H and O–H groups in total. The largest absolute Gasteiger partial charge is 0.294 e. The van der Waals surface area contributed by atoms with Crippen LogP contribution in [0.5, 0.6) is 0 Å². The van der Waals surface area contributed by atoms with Gasteiger partial charge in [-0.05, 0) is 30.3 Å². The standard InChI is InChI=1S/6C8H10N2O/c1-6(2)8(11)7-3-9-5-10-4-7;1-6(2)8(11)7-5-9-3-4-10-7;1-6(2)8(11)7-3-4-9-5-10-7;1-6(2)8(11)7-3-4-9-10-5-7;1-6(2)7(11)8-9-4-3-5-10-8;1-6(2)8(11)7-4-3-5-9-10-7/h6*3-6H,1-2H3. The Morgan fingerprint density at radius 1 is 0.348 bits per heavy atom. The fourth-order valence-corrected chi connectivity index (χ4v) is 4.40. The lowest BCUT2D eigenvalue weighted by Crippen LogP contribution is -2.11. The van der Waals surface area contributed by atoms with Crippen LogP contribution in [0, 0.1) is 35.5 Å². The van der Waals surface area contributed by atoms with Crippen LogP contribution in [0.15, 0.2) is 111 Å². The molecule has 6 aromatic heterocycles. The van der Waals surface area contributed by atoms with Gasteiger partial charge < -0.3 is 0 Å². The smallest absolute Gasteiger partial charge is 0.202 e. The van der Waals surface area contributed by atoms with Crippen molar-refractivity contribution in [1.29, 1.82) is 0 Å². The highest BCUT2D eigenvalue weighted by molar-refractivity contribution is 5.98. The van der Waals surface area contributed by atoms with E-state index in [1.807, 2.05) is 83.1 Å². The van der Waals surface area contributed by atoms with Crippen molar-refractivity contribution in [1.82, 2.24) is 60.3 Å². The molecule has 6 aromatic rings. The summed E-state index contributed by atoms with van der Waals surface area (Å²) < 4.78 is 0. The molecule has 0 saturated heterocycles. The minimum atomic E-state index is -0.0302. The molecular weight excluding hydrogens is 841 g/mol. The van der Waals surface area contributed by atoms with Gasteiger partial charge in [-0.3, -0.25) is 33.8 Å². The molecule has 66 heavy (non-hydrogen) atoms. The van der Waals surface area contributed by atoms with Crippen LogP contribution in [0.2, 0.25) is 0 Å². The van der Waals surface area contributed by atoms with E-state index >= 15 is 0 Å². The maximum Gasteiger partial charge on any atom is 0.202 e. The monoisotopic (exact) mass is 900 g/mol. The Morgan fingerprint density at radius 3 is 1.35 bits per heavy atom. The third-order valence-corrected chi connectivity index (χ3v) is 8.12. The second kappa shape index (κ2) is 31.4. The minimum absolute atomic E-state index is 0.00454. The van der Waals surface area contributed by atoms with Crippen molar-refractivity contribution in [2.24, 2.45) is 35.5 Å². The molecule has 0 aliphatic heterocycles. The molecule has 0 saturated carbocycles. The molecule has 0 aromatic carbocycles. The predicted octanol–water partition coefficient (Wildman–Crippen LogP) is 7.89. The number of aromatic nitrogens is 12. The number of carbonyl (C=O) groups is 6. The van der Waals surface area contributed by atoms with Gasteiger partial charge in [0.25, 0.3) is 0 Å². The van der Waals surface area contributed by atoms with E-state index in [0.29, 0.717) is 34.0 Å². The average molecular weight is 901 g/mol. The summed E-state index contributed by atoms with van der Waals surface area (Å²) in [6, 6.07) is 8.38. The highest BCUT2D eigenvalue weighted by atomic mass is 16.1. The summed E-state index contributed by atoms with van der Waals surface area (Å²) in [5.41, 5.74) is 2.61. The fraction of sp³-hybridized carbons (Fsp3) is 0.375. The van der Waals surface area contributed by atoms with Crippen molar-refractivity contribution in [3.05, 3.63) is 145 Å². The van der Waals surface area contributed by atoms with Crippen molar-refractivity contribution < 1.29 is 28.8 Å². The third kappa shape index (κ3) is 22.2. The third-order valence-electron chi connectivity index (χ3n) is 8.12. The molecule has 0 fully saturated rings. The highest BCUT2D eigenvalue weighted by Crippen LogP contribution is 2.07. The number of Topliss-reactive ketones (excluding diaryl/α,β-unsaturated/α-hetero) is 6. The first kappa shape index (κ1) is 56.5. The number of rotatable bonds is 12. The summed E-state index contributed by atoms with van der Waals surface area (Å²) in [7, 11) is 0. The van der Waals surface area contributed by atoms with Gasteiger partial charge in [0.2, 0.25) is 5.78 Å². The van der Waals surface area contributed by atoms with E-state index in [-0.39, 0.29) is 70.2 Å². The summed E-state index contributed by atoms with van der Waals surface area (Å²) in [5, 5.41) is 14.5.